The molecule has 0 bridgehead atoms. The molecule has 1 heterocycles. The molecule has 0 radical (unpaired) electrons. The minimum absolute atomic E-state index is 0.0648. The fraction of sp³-hybridized carbons (Fsp3) is 0.0800. The van der Waals surface area contributed by atoms with Crippen LogP contribution in [0.3, 0.4) is 0 Å². The zero-order valence-corrected chi connectivity index (χ0v) is 17.0. The summed E-state index contributed by atoms with van der Waals surface area (Å²) in [6.45, 7) is 3.90. The van der Waals surface area contributed by atoms with Crippen molar-refractivity contribution in [3.63, 3.8) is 0 Å². The first-order valence-corrected chi connectivity index (χ1v) is 9.67. The topological polar surface area (TPSA) is 94.7 Å². The summed E-state index contributed by atoms with van der Waals surface area (Å²) >= 11 is 0. The van der Waals surface area contributed by atoms with E-state index >= 15 is 0 Å². The van der Waals surface area contributed by atoms with Crippen molar-refractivity contribution in [2.75, 3.05) is 0 Å². The van der Waals surface area contributed by atoms with E-state index in [0.717, 1.165) is 11.1 Å². The Balaban J connectivity index is 1.99. The summed E-state index contributed by atoms with van der Waals surface area (Å²) in [4.78, 5) is 28.8. The third-order valence-corrected chi connectivity index (χ3v) is 5.31. The van der Waals surface area contributed by atoms with Crippen molar-refractivity contribution in [1.82, 2.24) is 4.57 Å². The largest absolute Gasteiger partial charge is 0.545 e. The molecule has 0 aliphatic heterocycles. The van der Waals surface area contributed by atoms with Crippen LogP contribution in [0.25, 0.3) is 16.5 Å². The first kappa shape index (κ1) is 20.1. The zero-order valence-electron chi connectivity index (χ0n) is 17.0. The van der Waals surface area contributed by atoms with E-state index in [-0.39, 0.29) is 22.7 Å². The maximum Gasteiger partial charge on any atom is 0.265 e. The number of aromatic hydroxyl groups is 1. The number of carbonyl (C=O) groups excluding carboxylic acids is 1. The van der Waals surface area contributed by atoms with E-state index in [2.05, 4.69) is 4.99 Å². The average molecular weight is 411 g/mol. The molecule has 6 nitrogen and oxygen atoms in total. The number of carboxylic acids is 1. The van der Waals surface area contributed by atoms with Crippen LogP contribution >= 0.6 is 0 Å². The first-order chi connectivity index (χ1) is 14.9. The Hall–Kier alpha value is -4.19. The van der Waals surface area contributed by atoms with Crippen LogP contribution in [-0.2, 0) is 0 Å². The molecule has 0 spiro atoms. The second kappa shape index (κ2) is 7.91. The van der Waals surface area contributed by atoms with Crippen molar-refractivity contribution in [3.8, 4) is 11.6 Å². The number of aromatic carboxylic acids is 1. The first-order valence-electron chi connectivity index (χ1n) is 9.67. The summed E-state index contributed by atoms with van der Waals surface area (Å²) in [6, 6.07) is 18.6. The van der Waals surface area contributed by atoms with Crippen LogP contribution in [0.2, 0.25) is 0 Å². The lowest BCUT2D eigenvalue weighted by atomic mass is 10.1. The Bertz CT molecular complexity index is 1420. The van der Waals surface area contributed by atoms with Crippen LogP contribution in [0.5, 0.6) is 5.88 Å². The van der Waals surface area contributed by atoms with E-state index in [9.17, 15) is 19.8 Å². The van der Waals surface area contributed by atoms with E-state index in [1.807, 2.05) is 26.0 Å². The van der Waals surface area contributed by atoms with E-state index in [1.54, 1.807) is 48.5 Å². The summed E-state index contributed by atoms with van der Waals surface area (Å²) < 4.78 is 1.24. The Morgan fingerprint density at radius 3 is 2.35 bits per heavy atom. The molecule has 1 aromatic heterocycles. The molecule has 0 saturated carbocycles. The smallest absolute Gasteiger partial charge is 0.265 e. The number of rotatable bonds is 4. The highest BCUT2D eigenvalue weighted by Crippen LogP contribution is 2.28. The van der Waals surface area contributed by atoms with Crippen molar-refractivity contribution >= 4 is 28.6 Å². The van der Waals surface area contributed by atoms with Crippen molar-refractivity contribution in [2.45, 2.75) is 13.8 Å². The maximum absolute atomic E-state index is 13.2. The molecule has 0 saturated heterocycles. The highest BCUT2D eigenvalue weighted by atomic mass is 16.4. The van der Waals surface area contributed by atoms with Gasteiger partial charge in [0.15, 0.2) is 0 Å². The maximum atomic E-state index is 13.2. The predicted octanol–water partition coefficient (Wildman–Crippen LogP) is 3.43. The van der Waals surface area contributed by atoms with E-state index < -0.39 is 5.97 Å². The number of aliphatic imine (C=N–C) groups is 1. The lowest BCUT2D eigenvalue weighted by molar-refractivity contribution is -0.254. The van der Waals surface area contributed by atoms with Gasteiger partial charge in [-0.05, 0) is 49.2 Å². The third kappa shape index (κ3) is 3.59. The predicted molar refractivity (Wildman–Crippen MR) is 119 cm³/mol. The van der Waals surface area contributed by atoms with Crippen LogP contribution in [0.1, 0.15) is 27.0 Å². The van der Waals surface area contributed by atoms with Gasteiger partial charge in [0.05, 0.1) is 22.9 Å². The van der Waals surface area contributed by atoms with E-state index in [4.69, 9.17) is 0 Å². The molecule has 3 aromatic carbocycles. The SMILES string of the molecule is Cc1ccc(-n2c(O)c(C=Nc3ccccc3C(=O)[O-])c3ccccc3c2=O)cc1C. The molecular weight excluding hydrogens is 392 g/mol. The fourth-order valence-electron chi connectivity index (χ4n) is 3.49. The lowest BCUT2D eigenvalue weighted by Gasteiger charge is -2.15. The Kier molecular flexibility index (Phi) is 5.13. The monoisotopic (exact) mass is 411 g/mol. The Labute approximate surface area is 178 Å². The standard InChI is InChI=1S/C25H20N2O4/c1-15-11-12-17(13-16(15)2)27-23(28)19-8-4-3-7-18(19)21(24(27)29)14-26-22-10-6-5-9-20(22)25(30)31/h3-14,29H,1-2H3,(H,30,31)/p-1. The number of carbonyl (C=O) groups is 1. The van der Waals surface area contributed by atoms with Gasteiger partial charge in [-0.1, -0.05) is 42.5 Å². The molecule has 0 aliphatic carbocycles. The summed E-state index contributed by atoms with van der Waals surface area (Å²) in [5.41, 5.74) is 2.65. The van der Waals surface area contributed by atoms with Crippen LogP contribution < -0.4 is 10.7 Å². The molecule has 0 amide bonds. The van der Waals surface area contributed by atoms with Crippen LogP contribution in [-0.4, -0.2) is 21.9 Å². The molecule has 1 N–H and O–H groups in total. The van der Waals surface area contributed by atoms with Gasteiger partial charge in [-0.3, -0.25) is 9.79 Å². The van der Waals surface area contributed by atoms with Gasteiger partial charge in [-0.15, -0.1) is 0 Å². The molecule has 154 valence electrons. The summed E-state index contributed by atoms with van der Waals surface area (Å²) in [6.07, 6.45) is 1.37. The molecular formula is C25H19N2O4-. The average Bonchev–Trinajstić information content (AvgIpc) is 2.76. The highest BCUT2D eigenvalue weighted by molar-refractivity contribution is 6.03. The van der Waals surface area contributed by atoms with Crippen molar-refractivity contribution in [2.24, 2.45) is 4.99 Å². The summed E-state index contributed by atoms with van der Waals surface area (Å²) in [7, 11) is 0. The Morgan fingerprint density at radius 1 is 0.968 bits per heavy atom. The van der Waals surface area contributed by atoms with Gasteiger partial charge in [-0.2, -0.15) is 0 Å². The van der Waals surface area contributed by atoms with Gasteiger partial charge >= 0.3 is 0 Å². The van der Waals surface area contributed by atoms with E-state index in [1.165, 1.54) is 16.8 Å². The van der Waals surface area contributed by atoms with E-state index in [0.29, 0.717) is 22.0 Å². The lowest BCUT2D eigenvalue weighted by Crippen LogP contribution is -2.22. The quantitative estimate of drug-likeness (QED) is 0.521. The zero-order chi connectivity index (χ0) is 22.1. The number of hydrogen-bond donors (Lipinski definition) is 1. The van der Waals surface area contributed by atoms with Gasteiger partial charge < -0.3 is 15.0 Å². The van der Waals surface area contributed by atoms with Gasteiger partial charge in [-0.25, -0.2) is 4.57 Å². The molecule has 0 atom stereocenters. The molecule has 0 fully saturated rings. The van der Waals surface area contributed by atoms with Gasteiger partial charge in [0.2, 0.25) is 5.88 Å². The van der Waals surface area contributed by atoms with Crippen molar-refractivity contribution in [3.05, 3.63) is 99.3 Å². The number of aromatic nitrogens is 1. The molecule has 4 rings (SSSR count). The molecule has 0 unspecified atom stereocenters. The third-order valence-electron chi connectivity index (χ3n) is 5.31. The number of fused-ring (bicyclic) bond motifs is 1. The number of para-hydroxylation sites is 1. The second-order valence-electron chi connectivity index (χ2n) is 7.25. The molecule has 6 heteroatoms. The van der Waals surface area contributed by atoms with Crippen molar-refractivity contribution in [1.29, 1.82) is 0 Å². The minimum atomic E-state index is -1.35. The van der Waals surface area contributed by atoms with Gasteiger partial charge in [0.1, 0.15) is 0 Å². The van der Waals surface area contributed by atoms with Crippen LogP contribution in [0, 0.1) is 13.8 Å². The number of hydrogen-bond acceptors (Lipinski definition) is 5. The van der Waals surface area contributed by atoms with Gasteiger partial charge in [0, 0.05) is 22.6 Å². The summed E-state index contributed by atoms with van der Waals surface area (Å²) in [5, 5.41) is 23.4. The number of pyridine rings is 1. The molecule has 4 aromatic rings. The fourth-order valence-corrected chi connectivity index (χ4v) is 3.49. The number of carboxylic acid groups (broad SMARTS) is 1. The molecule has 31 heavy (non-hydrogen) atoms. The number of aryl methyl sites for hydroxylation is 2. The molecule has 0 aliphatic rings. The van der Waals surface area contributed by atoms with Crippen LogP contribution in [0.4, 0.5) is 5.69 Å². The second-order valence-corrected chi connectivity index (χ2v) is 7.25. The summed E-state index contributed by atoms with van der Waals surface area (Å²) in [5.74, 6) is -1.62. The van der Waals surface area contributed by atoms with Gasteiger partial charge in [0.25, 0.3) is 5.56 Å². The Morgan fingerprint density at radius 2 is 1.65 bits per heavy atom. The number of benzene rings is 3. The number of nitrogens with zero attached hydrogens (tertiary/aromatic N) is 2. The normalized spacial score (nSPS) is 11.3. The minimum Gasteiger partial charge on any atom is -0.545 e. The highest BCUT2D eigenvalue weighted by Gasteiger charge is 2.16. The van der Waals surface area contributed by atoms with Crippen LogP contribution in [0.15, 0.2) is 76.5 Å². The van der Waals surface area contributed by atoms with Crippen molar-refractivity contribution < 1.29 is 15.0 Å².